The van der Waals surface area contributed by atoms with Crippen molar-refractivity contribution in [2.24, 2.45) is 0 Å². The normalized spacial score (nSPS) is 11.7. The van der Waals surface area contributed by atoms with Gasteiger partial charge >= 0.3 is 5.69 Å². The van der Waals surface area contributed by atoms with Crippen LogP contribution >= 0.6 is 0 Å². The zero-order valence-corrected chi connectivity index (χ0v) is 11.7. The van der Waals surface area contributed by atoms with Crippen LogP contribution in [-0.2, 0) is 14.3 Å². The van der Waals surface area contributed by atoms with Crippen LogP contribution in [0.25, 0.3) is 15.7 Å². The molecule has 0 bridgehead atoms. The molecule has 0 aliphatic rings. The second kappa shape index (κ2) is 5.07. The molecular weight excluding hydrogens is 280 g/mol. The Bertz CT molecular complexity index is 807. The van der Waals surface area contributed by atoms with Crippen LogP contribution < -0.4 is 5.11 Å². The molecule has 0 aliphatic carbocycles. The number of diazo groups is 1. The maximum atomic E-state index is 12.1. The minimum absolute atomic E-state index is 0.0784. The van der Waals surface area contributed by atoms with Crippen LogP contribution in [0.1, 0.15) is 13.8 Å². The number of benzene rings is 2. The number of rotatable bonds is 3. The lowest BCUT2D eigenvalue weighted by atomic mass is 10.1. The molecule has 0 N–H and O–H groups in total. The summed E-state index contributed by atoms with van der Waals surface area (Å²) >= 11 is 0. The molecule has 7 heteroatoms. The van der Waals surface area contributed by atoms with E-state index in [9.17, 15) is 13.5 Å². The van der Waals surface area contributed by atoms with Crippen LogP contribution in [0.15, 0.2) is 35.2 Å². The average molecular weight is 292 g/mol. The quantitative estimate of drug-likeness (QED) is 0.640. The van der Waals surface area contributed by atoms with Crippen molar-refractivity contribution in [1.82, 2.24) is 0 Å². The molecule has 0 aromatic heterocycles. The second-order valence-electron chi connectivity index (χ2n) is 4.46. The summed E-state index contributed by atoms with van der Waals surface area (Å²) in [5.41, 5.74) is -0.142. The van der Waals surface area contributed by atoms with Crippen LogP contribution in [0.5, 0.6) is 5.75 Å². The summed E-state index contributed by atoms with van der Waals surface area (Å²) in [6.07, 6.45) is -0.506. The van der Waals surface area contributed by atoms with E-state index in [1.165, 1.54) is 30.3 Å². The number of fused-ring (bicyclic) bond motifs is 1. The Morgan fingerprint density at radius 3 is 2.50 bits per heavy atom. The van der Waals surface area contributed by atoms with Gasteiger partial charge in [-0.15, -0.1) is 0 Å². The van der Waals surface area contributed by atoms with E-state index in [0.717, 1.165) is 0 Å². The van der Waals surface area contributed by atoms with Gasteiger partial charge in [0.2, 0.25) is 5.39 Å². The molecule has 0 unspecified atom stereocenters. The molecule has 0 radical (unpaired) electrons. The Morgan fingerprint density at radius 1 is 1.20 bits per heavy atom. The van der Waals surface area contributed by atoms with Crippen molar-refractivity contribution in [3.63, 3.8) is 0 Å². The Morgan fingerprint density at radius 2 is 1.90 bits per heavy atom. The molecule has 6 nitrogen and oxygen atoms in total. The number of hydrogen-bond donors (Lipinski definition) is 0. The molecule has 2 aromatic rings. The molecule has 0 saturated carbocycles. The first-order valence-electron chi connectivity index (χ1n) is 5.88. The van der Waals surface area contributed by atoms with E-state index >= 15 is 0 Å². The Hall–Kier alpha value is -2.17. The maximum absolute atomic E-state index is 12.1. The fourth-order valence-electron chi connectivity index (χ4n) is 1.89. The first kappa shape index (κ1) is 14.2. The highest BCUT2D eigenvalue weighted by Gasteiger charge is 2.21. The summed E-state index contributed by atoms with van der Waals surface area (Å²) in [6, 6.07) is 6.97. The average Bonchev–Trinajstić information content (AvgIpc) is 2.37. The van der Waals surface area contributed by atoms with Crippen LogP contribution in [-0.4, -0.2) is 14.5 Å². The van der Waals surface area contributed by atoms with Gasteiger partial charge in [0.1, 0.15) is 4.90 Å². The summed E-state index contributed by atoms with van der Waals surface area (Å²) < 4.78 is 29.2. The van der Waals surface area contributed by atoms with Gasteiger partial charge in [-0.1, -0.05) is 12.1 Å². The minimum Gasteiger partial charge on any atom is -0.867 e. The molecule has 0 amide bonds. The van der Waals surface area contributed by atoms with Gasteiger partial charge in [0, 0.05) is 11.5 Å². The van der Waals surface area contributed by atoms with Gasteiger partial charge in [-0.3, -0.25) is 4.18 Å². The number of hydrogen-bond acceptors (Lipinski definition) is 5. The molecule has 0 fully saturated rings. The van der Waals surface area contributed by atoms with E-state index in [-0.39, 0.29) is 21.4 Å². The zero-order valence-electron chi connectivity index (χ0n) is 10.9. The SMILES string of the molecule is CC(C)OS(=O)(=O)c1cccc2c([O-])c([N+]#N)ccc12. The van der Waals surface area contributed by atoms with E-state index in [1.807, 2.05) is 0 Å². The molecule has 0 aliphatic heterocycles. The predicted molar refractivity (Wildman–Crippen MR) is 71.5 cm³/mol. The molecule has 20 heavy (non-hydrogen) atoms. The van der Waals surface area contributed by atoms with Gasteiger partial charge in [0.05, 0.1) is 6.10 Å². The molecule has 0 atom stereocenters. The zero-order chi connectivity index (χ0) is 14.9. The standard InChI is InChI=1S/C13H12N2O4S/c1-8(2)19-20(17,18)12-5-3-4-10-9(12)6-7-11(15-14)13(10)16/h3-8H,1-2H3. The van der Waals surface area contributed by atoms with Crippen LogP contribution in [0.4, 0.5) is 5.69 Å². The van der Waals surface area contributed by atoms with Crippen molar-refractivity contribution in [2.75, 3.05) is 0 Å². The van der Waals surface area contributed by atoms with Crippen LogP contribution in [0.3, 0.4) is 0 Å². The predicted octanol–water partition coefficient (Wildman–Crippen LogP) is 2.51. The van der Waals surface area contributed by atoms with Gasteiger partial charge < -0.3 is 5.11 Å². The summed E-state index contributed by atoms with van der Waals surface area (Å²) in [5.74, 6) is -0.536. The lowest BCUT2D eigenvalue weighted by molar-refractivity contribution is -0.264. The van der Waals surface area contributed by atoms with Crippen molar-refractivity contribution >= 4 is 26.6 Å². The second-order valence-corrected chi connectivity index (χ2v) is 6.00. The van der Waals surface area contributed by atoms with Crippen LogP contribution in [0, 0.1) is 5.39 Å². The van der Waals surface area contributed by atoms with E-state index < -0.39 is 22.0 Å². The van der Waals surface area contributed by atoms with Gasteiger partial charge in [0.25, 0.3) is 10.1 Å². The first-order valence-corrected chi connectivity index (χ1v) is 7.29. The molecule has 0 spiro atoms. The molecule has 2 rings (SSSR count). The summed E-state index contributed by atoms with van der Waals surface area (Å²) in [7, 11) is -3.95. The Balaban J connectivity index is 2.75. The van der Waals surface area contributed by atoms with Gasteiger partial charge in [-0.25, -0.2) is 0 Å². The van der Waals surface area contributed by atoms with Gasteiger partial charge in [-0.05, 0) is 37.1 Å². The Labute approximate surface area is 116 Å². The van der Waals surface area contributed by atoms with Crippen molar-refractivity contribution in [2.45, 2.75) is 24.8 Å². The van der Waals surface area contributed by atoms with E-state index in [2.05, 4.69) is 4.98 Å². The largest absolute Gasteiger partial charge is 0.867 e. The van der Waals surface area contributed by atoms with Gasteiger partial charge in [0.15, 0.2) is 4.98 Å². The Kier molecular flexibility index (Phi) is 3.61. The van der Waals surface area contributed by atoms with E-state index in [1.54, 1.807) is 13.8 Å². The third-order valence-electron chi connectivity index (χ3n) is 2.65. The van der Waals surface area contributed by atoms with Crippen LogP contribution in [0.2, 0.25) is 0 Å². The highest BCUT2D eigenvalue weighted by molar-refractivity contribution is 7.87. The summed E-state index contributed by atoms with van der Waals surface area (Å²) in [6.45, 7) is 3.20. The van der Waals surface area contributed by atoms with E-state index in [0.29, 0.717) is 0 Å². The molecular formula is C13H12N2O4S. The van der Waals surface area contributed by atoms with E-state index in [4.69, 9.17) is 9.58 Å². The monoisotopic (exact) mass is 292 g/mol. The fraction of sp³-hybridized carbons (Fsp3) is 0.231. The van der Waals surface area contributed by atoms with Crippen molar-refractivity contribution in [3.05, 3.63) is 35.3 Å². The highest BCUT2D eigenvalue weighted by atomic mass is 32.2. The lowest BCUT2D eigenvalue weighted by Gasteiger charge is -2.13. The molecule has 104 valence electrons. The van der Waals surface area contributed by atoms with Crippen molar-refractivity contribution in [3.8, 4) is 5.75 Å². The molecule has 0 saturated heterocycles. The fourth-order valence-corrected chi connectivity index (χ4v) is 3.19. The number of nitrogens with zero attached hydrogens (tertiary/aromatic N) is 2. The molecule has 2 aromatic carbocycles. The van der Waals surface area contributed by atoms with Crippen molar-refractivity contribution < 1.29 is 17.7 Å². The maximum Gasteiger partial charge on any atom is 0.378 e. The van der Waals surface area contributed by atoms with Gasteiger partial charge in [-0.2, -0.15) is 8.42 Å². The highest BCUT2D eigenvalue weighted by Crippen LogP contribution is 2.35. The molecule has 0 heterocycles. The third-order valence-corrected chi connectivity index (χ3v) is 4.18. The lowest BCUT2D eigenvalue weighted by Crippen LogP contribution is -2.12. The van der Waals surface area contributed by atoms with Crippen molar-refractivity contribution in [1.29, 1.82) is 5.39 Å². The smallest absolute Gasteiger partial charge is 0.378 e. The topological polar surface area (TPSA) is 94.6 Å². The summed E-state index contributed by atoms with van der Waals surface area (Å²) in [5, 5.41) is 21.1. The first-order chi connectivity index (χ1) is 9.36. The third kappa shape index (κ3) is 2.43. The summed E-state index contributed by atoms with van der Waals surface area (Å²) in [4.78, 5) is 2.79. The minimum atomic E-state index is -3.95.